The summed E-state index contributed by atoms with van der Waals surface area (Å²) >= 11 is 1.56. The number of nitrogens with zero attached hydrogens (tertiary/aromatic N) is 1. The first-order valence-electron chi connectivity index (χ1n) is 8.36. The Hall–Kier alpha value is -1.09. The third-order valence-corrected chi connectivity index (χ3v) is 7.77. The highest BCUT2D eigenvalue weighted by Crippen LogP contribution is 2.36. The Kier molecular flexibility index (Phi) is 6.53. The van der Waals surface area contributed by atoms with E-state index in [4.69, 9.17) is 0 Å². The molecule has 1 saturated heterocycles. The van der Waals surface area contributed by atoms with Crippen molar-refractivity contribution in [3.63, 3.8) is 0 Å². The number of hydrogen-bond acceptors (Lipinski definition) is 5. The first-order chi connectivity index (χ1) is 11.7. The maximum Gasteiger partial charge on any atom is 0.263 e. The molecule has 1 aliphatic rings. The fourth-order valence-electron chi connectivity index (χ4n) is 3.05. The van der Waals surface area contributed by atoms with Crippen LogP contribution >= 0.6 is 11.8 Å². The second-order valence-corrected chi connectivity index (χ2v) is 10.5. The molecule has 0 radical (unpaired) electrons. The summed E-state index contributed by atoms with van der Waals surface area (Å²) in [5.41, 5.74) is 2.63. The van der Waals surface area contributed by atoms with Crippen molar-refractivity contribution in [3.8, 4) is 0 Å². The van der Waals surface area contributed by atoms with Gasteiger partial charge in [-0.2, -0.15) is 16.1 Å². The fraction of sp³-hybridized carbons (Fsp3) is 0.588. The maximum absolute atomic E-state index is 13.2. The first kappa shape index (κ1) is 20.2. The number of hydrogen-bond donors (Lipinski definition) is 2. The number of rotatable bonds is 3. The number of carbonyl (C=O) groups is 1. The lowest BCUT2D eigenvalue weighted by Crippen LogP contribution is -2.58. The molecule has 1 atom stereocenters. The molecule has 1 aromatic rings. The molecule has 0 bridgehead atoms. The SMILES string of the molecule is Cc1ccc(S(=O)(=O)N2CCCCCSC(C)(C)[C@@H]2C(=O)NO)cc1. The average molecular weight is 387 g/mol. The lowest BCUT2D eigenvalue weighted by Gasteiger charge is -2.38. The van der Waals surface area contributed by atoms with E-state index in [-0.39, 0.29) is 11.4 Å². The Morgan fingerprint density at radius 3 is 2.48 bits per heavy atom. The minimum Gasteiger partial charge on any atom is -0.289 e. The van der Waals surface area contributed by atoms with Gasteiger partial charge in [0.1, 0.15) is 6.04 Å². The van der Waals surface area contributed by atoms with E-state index in [1.54, 1.807) is 41.5 Å². The zero-order chi connectivity index (χ0) is 18.7. The van der Waals surface area contributed by atoms with Gasteiger partial charge in [0.05, 0.1) is 4.90 Å². The third kappa shape index (κ3) is 4.55. The van der Waals surface area contributed by atoms with Gasteiger partial charge >= 0.3 is 0 Å². The number of thioether (sulfide) groups is 1. The van der Waals surface area contributed by atoms with Gasteiger partial charge in [0.2, 0.25) is 10.0 Å². The van der Waals surface area contributed by atoms with Gasteiger partial charge in [0, 0.05) is 11.3 Å². The molecule has 1 heterocycles. The van der Waals surface area contributed by atoms with Crippen LogP contribution in [-0.4, -0.2) is 46.9 Å². The molecule has 0 saturated carbocycles. The normalized spacial score (nSPS) is 22.5. The van der Waals surface area contributed by atoms with Crippen molar-refractivity contribution in [1.82, 2.24) is 9.79 Å². The summed E-state index contributed by atoms with van der Waals surface area (Å²) in [6, 6.07) is 5.61. The van der Waals surface area contributed by atoms with E-state index >= 15 is 0 Å². The van der Waals surface area contributed by atoms with E-state index in [9.17, 15) is 18.4 Å². The summed E-state index contributed by atoms with van der Waals surface area (Å²) in [4.78, 5) is 12.6. The van der Waals surface area contributed by atoms with Crippen LogP contribution in [-0.2, 0) is 14.8 Å². The van der Waals surface area contributed by atoms with Crippen molar-refractivity contribution in [2.45, 2.75) is 55.7 Å². The van der Waals surface area contributed by atoms with Gasteiger partial charge in [-0.05, 0) is 51.5 Å². The van der Waals surface area contributed by atoms with Gasteiger partial charge in [-0.1, -0.05) is 24.1 Å². The Labute approximate surface area is 154 Å². The molecular formula is C17H26N2O4S2. The minimum absolute atomic E-state index is 0.161. The van der Waals surface area contributed by atoms with Crippen LogP contribution in [0.4, 0.5) is 0 Å². The molecule has 0 aliphatic carbocycles. The van der Waals surface area contributed by atoms with Crippen LogP contribution in [0.5, 0.6) is 0 Å². The molecule has 25 heavy (non-hydrogen) atoms. The highest BCUT2D eigenvalue weighted by Gasteiger charge is 2.45. The van der Waals surface area contributed by atoms with Crippen LogP contribution in [0.1, 0.15) is 38.7 Å². The molecule has 0 unspecified atom stereocenters. The minimum atomic E-state index is -3.86. The van der Waals surface area contributed by atoms with Gasteiger partial charge in [-0.15, -0.1) is 0 Å². The monoisotopic (exact) mass is 386 g/mol. The average Bonchev–Trinajstić information content (AvgIpc) is 2.63. The Morgan fingerprint density at radius 2 is 1.88 bits per heavy atom. The van der Waals surface area contributed by atoms with Gasteiger partial charge in [0.25, 0.3) is 5.91 Å². The van der Waals surface area contributed by atoms with E-state index in [0.717, 1.165) is 24.2 Å². The van der Waals surface area contributed by atoms with Gasteiger partial charge in [-0.3, -0.25) is 10.0 Å². The predicted octanol–water partition coefficient (Wildman–Crippen LogP) is 2.56. The number of hydroxylamine groups is 1. The molecule has 1 amide bonds. The number of carbonyl (C=O) groups excluding carboxylic acids is 1. The summed E-state index contributed by atoms with van der Waals surface area (Å²) in [7, 11) is -3.86. The highest BCUT2D eigenvalue weighted by molar-refractivity contribution is 8.00. The van der Waals surface area contributed by atoms with E-state index in [2.05, 4.69) is 0 Å². The van der Waals surface area contributed by atoms with Gasteiger partial charge in [0.15, 0.2) is 0 Å². The zero-order valence-corrected chi connectivity index (χ0v) is 16.5. The Morgan fingerprint density at radius 1 is 1.24 bits per heavy atom. The molecule has 1 fully saturated rings. The second kappa shape index (κ2) is 8.07. The van der Waals surface area contributed by atoms with Crippen LogP contribution in [0.3, 0.4) is 0 Å². The molecule has 8 heteroatoms. The fourth-order valence-corrected chi connectivity index (χ4v) is 6.14. The number of aryl methyl sites for hydroxylation is 1. The van der Waals surface area contributed by atoms with Crippen molar-refractivity contribution in [1.29, 1.82) is 0 Å². The van der Waals surface area contributed by atoms with Crippen LogP contribution in [0.2, 0.25) is 0 Å². The van der Waals surface area contributed by atoms with Crippen molar-refractivity contribution in [2.24, 2.45) is 0 Å². The molecule has 140 valence electrons. The maximum atomic E-state index is 13.2. The van der Waals surface area contributed by atoms with Crippen LogP contribution in [0.25, 0.3) is 0 Å². The summed E-state index contributed by atoms with van der Waals surface area (Å²) in [6.07, 6.45) is 2.55. The molecular weight excluding hydrogens is 360 g/mol. The van der Waals surface area contributed by atoms with Crippen LogP contribution in [0.15, 0.2) is 29.2 Å². The number of sulfonamides is 1. The largest absolute Gasteiger partial charge is 0.289 e. The van der Waals surface area contributed by atoms with E-state index < -0.39 is 26.7 Å². The highest BCUT2D eigenvalue weighted by atomic mass is 32.2. The molecule has 1 aliphatic heterocycles. The van der Waals surface area contributed by atoms with Crippen molar-refractivity contribution >= 4 is 27.7 Å². The molecule has 2 rings (SSSR count). The summed E-state index contributed by atoms with van der Waals surface area (Å²) < 4.78 is 27.1. The number of amides is 1. The van der Waals surface area contributed by atoms with Crippen LogP contribution < -0.4 is 5.48 Å². The van der Waals surface area contributed by atoms with E-state index in [0.29, 0.717) is 6.42 Å². The Bertz CT molecular complexity index is 702. The summed E-state index contributed by atoms with van der Waals surface area (Å²) in [5.74, 6) is 0.149. The topological polar surface area (TPSA) is 86.7 Å². The molecule has 0 spiro atoms. The van der Waals surface area contributed by atoms with Gasteiger partial charge in [-0.25, -0.2) is 13.9 Å². The van der Waals surface area contributed by atoms with Crippen molar-refractivity contribution in [2.75, 3.05) is 12.3 Å². The lowest BCUT2D eigenvalue weighted by atomic mass is 10.0. The standard InChI is InChI=1S/C17H26N2O4S2/c1-13-7-9-14(10-8-13)25(22,23)19-11-5-4-6-12-24-17(2,3)15(19)16(20)18-21/h7-10,15,21H,4-6,11-12H2,1-3H3,(H,18,20)/t15-/m0/s1. The molecule has 1 aromatic carbocycles. The van der Waals surface area contributed by atoms with E-state index in [1.165, 1.54) is 4.31 Å². The summed E-state index contributed by atoms with van der Waals surface area (Å²) in [6.45, 7) is 5.83. The zero-order valence-electron chi connectivity index (χ0n) is 14.9. The molecule has 6 nitrogen and oxygen atoms in total. The summed E-state index contributed by atoms with van der Waals surface area (Å²) in [5, 5.41) is 9.21. The number of benzene rings is 1. The van der Waals surface area contributed by atoms with E-state index in [1.807, 2.05) is 20.8 Å². The first-order valence-corrected chi connectivity index (χ1v) is 10.8. The quantitative estimate of drug-likeness (QED) is 0.616. The Balaban J connectivity index is 2.53. The predicted molar refractivity (Wildman–Crippen MR) is 99.2 cm³/mol. The van der Waals surface area contributed by atoms with Crippen molar-refractivity contribution < 1.29 is 18.4 Å². The smallest absolute Gasteiger partial charge is 0.263 e. The van der Waals surface area contributed by atoms with Crippen molar-refractivity contribution in [3.05, 3.63) is 29.8 Å². The molecule has 0 aromatic heterocycles. The van der Waals surface area contributed by atoms with Gasteiger partial charge < -0.3 is 0 Å². The van der Waals surface area contributed by atoms with Crippen LogP contribution in [0, 0.1) is 6.92 Å². The third-order valence-electron chi connectivity index (χ3n) is 4.43. The molecule has 2 N–H and O–H groups in total. The second-order valence-electron chi connectivity index (χ2n) is 6.82. The number of nitrogens with one attached hydrogen (secondary N) is 1. The lowest BCUT2D eigenvalue weighted by molar-refractivity contribution is -0.134.